The Hall–Kier alpha value is -3.03. The smallest absolute Gasteiger partial charge is 0.261 e. The first-order chi connectivity index (χ1) is 15.6. The van der Waals surface area contributed by atoms with Gasteiger partial charge in [0.1, 0.15) is 5.75 Å². The number of hydrogen-bond donors (Lipinski definition) is 2. The van der Waals surface area contributed by atoms with Crippen LogP contribution in [0.2, 0.25) is 5.02 Å². The molecule has 0 saturated carbocycles. The van der Waals surface area contributed by atoms with Crippen molar-refractivity contribution in [2.45, 2.75) is 38.1 Å². The van der Waals surface area contributed by atoms with E-state index in [1.165, 1.54) is 30.3 Å². The highest BCUT2D eigenvalue weighted by atomic mass is 35.5. The summed E-state index contributed by atoms with van der Waals surface area (Å²) in [6, 6.07) is 16.5. The van der Waals surface area contributed by atoms with Crippen molar-refractivity contribution in [2.24, 2.45) is 0 Å². The quantitative estimate of drug-likeness (QED) is 0.431. The standard InChI is InChI=1S/C25H27ClN2O4S/c1-5-23(18-8-13-24(32-4)17(3)14-18)27-25(29)21-15-19(9-12-22(21)26)28-33(30,31)20-10-6-16(2)7-11-20/h6-15,23,28H,5H2,1-4H3,(H,27,29)/t23-/m1/s1. The first kappa shape index (κ1) is 24.6. The number of amides is 1. The first-order valence-electron chi connectivity index (χ1n) is 10.5. The topological polar surface area (TPSA) is 84.5 Å². The number of methoxy groups -OCH3 is 1. The second kappa shape index (κ2) is 10.3. The van der Waals surface area contributed by atoms with Crippen molar-refractivity contribution in [3.63, 3.8) is 0 Å². The number of ether oxygens (including phenoxy) is 1. The van der Waals surface area contributed by atoms with E-state index in [0.717, 1.165) is 22.4 Å². The second-order valence-corrected chi connectivity index (χ2v) is 9.87. The van der Waals surface area contributed by atoms with Crippen LogP contribution in [0.15, 0.2) is 65.6 Å². The largest absolute Gasteiger partial charge is 0.496 e. The molecule has 0 spiro atoms. The molecule has 0 aromatic heterocycles. The van der Waals surface area contributed by atoms with Gasteiger partial charge in [-0.05, 0) is 67.8 Å². The second-order valence-electron chi connectivity index (χ2n) is 7.78. The lowest BCUT2D eigenvalue weighted by atomic mass is 10.0. The molecule has 0 aliphatic rings. The van der Waals surface area contributed by atoms with Gasteiger partial charge in [0, 0.05) is 5.69 Å². The number of carbonyl (C=O) groups excluding carboxylic acids is 1. The minimum atomic E-state index is -3.80. The van der Waals surface area contributed by atoms with Crippen molar-refractivity contribution in [1.82, 2.24) is 5.32 Å². The Bertz CT molecular complexity index is 1260. The van der Waals surface area contributed by atoms with Crippen LogP contribution in [-0.4, -0.2) is 21.4 Å². The molecule has 2 N–H and O–H groups in total. The lowest BCUT2D eigenvalue weighted by Gasteiger charge is -2.19. The Labute approximate surface area is 200 Å². The van der Waals surface area contributed by atoms with Crippen LogP contribution >= 0.6 is 11.6 Å². The van der Waals surface area contributed by atoms with E-state index in [2.05, 4.69) is 10.0 Å². The number of sulfonamides is 1. The fraction of sp³-hybridized carbons (Fsp3) is 0.240. The average Bonchev–Trinajstić information content (AvgIpc) is 2.78. The maximum absolute atomic E-state index is 13.0. The Kier molecular flexibility index (Phi) is 7.66. The van der Waals surface area contributed by atoms with Gasteiger partial charge in [-0.2, -0.15) is 0 Å². The van der Waals surface area contributed by atoms with Crippen molar-refractivity contribution in [1.29, 1.82) is 0 Å². The molecular weight excluding hydrogens is 460 g/mol. The van der Waals surface area contributed by atoms with Crippen molar-refractivity contribution in [3.8, 4) is 5.75 Å². The van der Waals surface area contributed by atoms with E-state index >= 15 is 0 Å². The average molecular weight is 487 g/mol. The number of nitrogens with one attached hydrogen (secondary N) is 2. The van der Waals surface area contributed by atoms with Crippen LogP contribution in [0.3, 0.4) is 0 Å². The van der Waals surface area contributed by atoms with Gasteiger partial charge in [-0.15, -0.1) is 0 Å². The summed E-state index contributed by atoms with van der Waals surface area (Å²) in [6.07, 6.45) is 0.662. The van der Waals surface area contributed by atoms with Crippen molar-refractivity contribution >= 4 is 33.2 Å². The third-order valence-electron chi connectivity index (χ3n) is 5.33. The van der Waals surface area contributed by atoms with Crippen molar-refractivity contribution in [3.05, 3.63) is 87.9 Å². The normalized spacial score (nSPS) is 12.2. The molecule has 6 nitrogen and oxygen atoms in total. The van der Waals surface area contributed by atoms with Crippen LogP contribution < -0.4 is 14.8 Å². The molecule has 3 aromatic carbocycles. The zero-order chi connectivity index (χ0) is 24.2. The van der Waals surface area contributed by atoms with E-state index in [0.29, 0.717) is 6.42 Å². The Morgan fingerprint density at radius 2 is 1.73 bits per heavy atom. The number of halogens is 1. The van der Waals surface area contributed by atoms with E-state index in [-0.39, 0.29) is 27.2 Å². The van der Waals surface area contributed by atoms with Crippen LogP contribution in [-0.2, 0) is 10.0 Å². The molecular formula is C25H27ClN2O4S. The molecule has 174 valence electrons. The molecule has 0 heterocycles. The van der Waals surface area contributed by atoms with Gasteiger partial charge in [0.05, 0.1) is 28.6 Å². The van der Waals surface area contributed by atoms with Gasteiger partial charge < -0.3 is 10.1 Å². The van der Waals surface area contributed by atoms with E-state index < -0.39 is 15.9 Å². The number of aryl methyl sites for hydroxylation is 2. The first-order valence-corrected chi connectivity index (χ1v) is 12.3. The van der Waals surface area contributed by atoms with Crippen LogP contribution in [0.25, 0.3) is 0 Å². The molecule has 1 atom stereocenters. The lowest BCUT2D eigenvalue weighted by Crippen LogP contribution is -2.28. The maximum atomic E-state index is 13.0. The van der Waals surface area contributed by atoms with Gasteiger partial charge in [-0.25, -0.2) is 8.42 Å². The van der Waals surface area contributed by atoms with Gasteiger partial charge in [-0.3, -0.25) is 9.52 Å². The Balaban J connectivity index is 1.82. The predicted molar refractivity (Wildman–Crippen MR) is 132 cm³/mol. The molecule has 1 amide bonds. The number of rotatable bonds is 8. The summed E-state index contributed by atoms with van der Waals surface area (Å²) in [6.45, 7) is 5.79. The van der Waals surface area contributed by atoms with Gasteiger partial charge >= 0.3 is 0 Å². The Morgan fingerprint density at radius 3 is 2.33 bits per heavy atom. The highest BCUT2D eigenvalue weighted by Gasteiger charge is 2.20. The number of benzene rings is 3. The summed E-state index contributed by atoms with van der Waals surface area (Å²) < 4.78 is 33.3. The van der Waals surface area contributed by atoms with Crippen molar-refractivity contribution < 1.29 is 17.9 Å². The molecule has 33 heavy (non-hydrogen) atoms. The molecule has 8 heteroatoms. The summed E-state index contributed by atoms with van der Waals surface area (Å²) in [5, 5.41) is 3.22. The summed E-state index contributed by atoms with van der Waals surface area (Å²) in [4.78, 5) is 13.2. The molecule has 0 aliphatic carbocycles. The summed E-state index contributed by atoms with van der Waals surface area (Å²) >= 11 is 6.28. The number of anilines is 1. The van der Waals surface area contributed by atoms with Gasteiger partial charge in [0.2, 0.25) is 0 Å². The lowest BCUT2D eigenvalue weighted by molar-refractivity contribution is 0.0935. The third kappa shape index (κ3) is 5.86. The molecule has 0 saturated heterocycles. The van der Waals surface area contributed by atoms with Crippen LogP contribution in [0.4, 0.5) is 5.69 Å². The summed E-state index contributed by atoms with van der Waals surface area (Å²) in [7, 11) is -2.19. The zero-order valence-corrected chi connectivity index (χ0v) is 20.5. The molecule has 3 rings (SSSR count). The summed E-state index contributed by atoms with van der Waals surface area (Å²) in [5.41, 5.74) is 3.30. The van der Waals surface area contributed by atoms with Gasteiger partial charge in [-0.1, -0.05) is 48.4 Å². The van der Waals surface area contributed by atoms with Crippen LogP contribution in [0, 0.1) is 13.8 Å². The molecule has 0 unspecified atom stereocenters. The van der Waals surface area contributed by atoms with E-state index in [4.69, 9.17) is 16.3 Å². The monoisotopic (exact) mass is 486 g/mol. The number of hydrogen-bond acceptors (Lipinski definition) is 4. The minimum Gasteiger partial charge on any atom is -0.496 e. The molecule has 0 bridgehead atoms. The summed E-state index contributed by atoms with van der Waals surface area (Å²) in [5.74, 6) is 0.383. The van der Waals surface area contributed by atoms with Crippen LogP contribution in [0.1, 0.15) is 46.4 Å². The maximum Gasteiger partial charge on any atom is 0.261 e. The van der Waals surface area contributed by atoms with E-state index in [9.17, 15) is 13.2 Å². The SMILES string of the molecule is CC[C@@H](NC(=O)c1cc(NS(=O)(=O)c2ccc(C)cc2)ccc1Cl)c1ccc(OC)c(C)c1. The molecule has 0 fully saturated rings. The van der Waals surface area contributed by atoms with Gasteiger partial charge in [0.15, 0.2) is 0 Å². The fourth-order valence-corrected chi connectivity index (χ4v) is 4.72. The predicted octanol–water partition coefficient (Wildman–Crippen LogP) is 5.65. The fourth-order valence-electron chi connectivity index (χ4n) is 3.47. The van der Waals surface area contributed by atoms with Crippen LogP contribution in [0.5, 0.6) is 5.75 Å². The van der Waals surface area contributed by atoms with E-state index in [1.807, 2.05) is 39.0 Å². The van der Waals surface area contributed by atoms with Crippen molar-refractivity contribution in [2.75, 3.05) is 11.8 Å². The Morgan fingerprint density at radius 1 is 1.03 bits per heavy atom. The molecule has 0 radical (unpaired) electrons. The highest BCUT2D eigenvalue weighted by Crippen LogP contribution is 2.27. The third-order valence-corrected chi connectivity index (χ3v) is 7.06. The zero-order valence-electron chi connectivity index (χ0n) is 19.0. The van der Waals surface area contributed by atoms with E-state index in [1.54, 1.807) is 19.2 Å². The number of carbonyl (C=O) groups is 1. The molecule has 0 aliphatic heterocycles. The van der Waals surface area contributed by atoms with Gasteiger partial charge in [0.25, 0.3) is 15.9 Å². The highest BCUT2D eigenvalue weighted by molar-refractivity contribution is 7.92. The minimum absolute atomic E-state index is 0.134. The molecule has 3 aromatic rings.